The zero-order chi connectivity index (χ0) is 25.8. The number of hydrogen-bond acceptors (Lipinski definition) is 4. The first-order valence-corrected chi connectivity index (χ1v) is 13.5. The van der Waals surface area contributed by atoms with E-state index >= 15 is 0 Å². The molecular formula is C30H32BrN3O3. The van der Waals surface area contributed by atoms with Gasteiger partial charge in [-0.3, -0.25) is 9.69 Å². The number of carbonyl (C=O) groups excluding carboxylic acids is 1. The van der Waals surface area contributed by atoms with E-state index in [0.717, 1.165) is 57.9 Å². The minimum Gasteiger partial charge on any atom is -0.494 e. The van der Waals surface area contributed by atoms with Crippen molar-refractivity contribution in [2.45, 2.75) is 26.9 Å². The molecule has 37 heavy (non-hydrogen) atoms. The quantitative estimate of drug-likeness (QED) is 0.256. The van der Waals surface area contributed by atoms with Crippen LogP contribution in [0.3, 0.4) is 0 Å². The van der Waals surface area contributed by atoms with Gasteiger partial charge in [0.05, 0.1) is 18.4 Å². The summed E-state index contributed by atoms with van der Waals surface area (Å²) in [6.45, 7) is 9.05. The Labute approximate surface area is 226 Å². The third-order valence-electron chi connectivity index (χ3n) is 6.81. The molecule has 0 spiro atoms. The van der Waals surface area contributed by atoms with Crippen LogP contribution in [0.2, 0.25) is 0 Å². The summed E-state index contributed by atoms with van der Waals surface area (Å²) in [6.07, 6.45) is 3.73. The van der Waals surface area contributed by atoms with E-state index in [9.17, 15) is 4.79 Å². The molecule has 6 nitrogen and oxygen atoms in total. The fraction of sp³-hybridized carbons (Fsp3) is 0.300. The Morgan fingerprint density at radius 1 is 1.00 bits per heavy atom. The second kappa shape index (κ2) is 11.4. The van der Waals surface area contributed by atoms with Crippen LogP contribution in [-0.4, -0.2) is 53.1 Å². The number of aromatic nitrogens is 1. The number of nitrogens with zero attached hydrogens (tertiary/aromatic N) is 3. The summed E-state index contributed by atoms with van der Waals surface area (Å²) in [6, 6.07) is 20.2. The summed E-state index contributed by atoms with van der Waals surface area (Å²) in [7, 11) is 0. The molecule has 0 radical (unpaired) electrons. The van der Waals surface area contributed by atoms with Gasteiger partial charge in [0.15, 0.2) is 0 Å². The largest absolute Gasteiger partial charge is 0.494 e. The van der Waals surface area contributed by atoms with Crippen LogP contribution in [-0.2, 0) is 13.1 Å². The third-order valence-corrected chi connectivity index (χ3v) is 7.30. The average Bonchev–Trinajstić information content (AvgIpc) is 3.54. The van der Waals surface area contributed by atoms with Crippen LogP contribution in [0.5, 0.6) is 5.75 Å². The number of halogens is 1. The highest BCUT2D eigenvalue weighted by molar-refractivity contribution is 9.10. The molecule has 2 aromatic carbocycles. The van der Waals surface area contributed by atoms with E-state index < -0.39 is 0 Å². The summed E-state index contributed by atoms with van der Waals surface area (Å²) >= 11 is 3.59. The lowest BCUT2D eigenvalue weighted by Crippen LogP contribution is -2.48. The highest BCUT2D eigenvalue weighted by atomic mass is 79.9. The molecular weight excluding hydrogens is 530 g/mol. The molecule has 0 atom stereocenters. The molecule has 0 unspecified atom stereocenters. The third kappa shape index (κ3) is 5.68. The molecule has 5 rings (SSSR count). The molecule has 2 aromatic heterocycles. The molecule has 192 valence electrons. The molecule has 0 bridgehead atoms. The second-order valence-corrected chi connectivity index (χ2v) is 10.3. The van der Waals surface area contributed by atoms with Crippen molar-refractivity contribution in [1.29, 1.82) is 0 Å². The normalized spacial score (nSPS) is 14.2. The summed E-state index contributed by atoms with van der Waals surface area (Å²) < 4.78 is 14.7. The van der Waals surface area contributed by atoms with Crippen LogP contribution in [0.1, 0.15) is 34.1 Å². The number of carbonyl (C=O) groups is 1. The van der Waals surface area contributed by atoms with Crippen molar-refractivity contribution in [3.63, 3.8) is 0 Å². The fourth-order valence-electron chi connectivity index (χ4n) is 5.03. The van der Waals surface area contributed by atoms with Crippen LogP contribution in [0.4, 0.5) is 0 Å². The molecule has 7 heteroatoms. The Balaban J connectivity index is 1.35. The molecule has 1 aliphatic heterocycles. The van der Waals surface area contributed by atoms with Crippen molar-refractivity contribution in [3.8, 4) is 17.1 Å². The zero-order valence-electron chi connectivity index (χ0n) is 21.3. The van der Waals surface area contributed by atoms with E-state index in [-0.39, 0.29) is 5.91 Å². The van der Waals surface area contributed by atoms with E-state index in [2.05, 4.69) is 49.8 Å². The number of rotatable bonds is 8. The first-order chi connectivity index (χ1) is 18.0. The van der Waals surface area contributed by atoms with Crippen molar-refractivity contribution in [2.24, 2.45) is 0 Å². The van der Waals surface area contributed by atoms with Gasteiger partial charge >= 0.3 is 0 Å². The monoisotopic (exact) mass is 561 g/mol. The lowest BCUT2D eigenvalue weighted by Gasteiger charge is -2.35. The topological polar surface area (TPSA) is 50.9 Å². The molecule has 1 saturated heterocycles. The first-order valence-electron chi connectivity index (χ1n) is 12.7. The first kappa shape index (κ1) is 25.4. The van der Waals surface area contributed by atoms with Crippen molar-refractivity contribution in [3.05, 3.63) is 100.0 Å². The number of piperazine rings is 1. The Bertz CT molecular complexity index is 1340. The Hall–Kier alpha value is -3.29. The van der Waals surface area contributed by atoms with Crippen LogP contribution in [0.25, 0.3) is 11.3 Å². The SMILES string of the molecule is CCOc1ccc(Br)cc1CN1CCN(C(=O)c2c(-c3ccco3)c(C)cn2Cc2ccccc2)CC1. The lowest BCUT2D eigenvalue weighted by atomic mass is 10.1. The highest BCUT2D eigenvalue weighted by Gasteiger charge is 2.29. The van der Waals surface area contributed by atoms with Gasteiger partial charge in [-0.1, -0.05) is 46.3 Å². The van der Waals surface area contributed by atoms with Gasteiger partial charge in [-0.05, 0) is 55.3 Å². The molecule has 3 heterocycles. The predicted molar refractivity (Wildman–Crippen MR) is 149 cm³/mol. The number of aryl methyl sites for hydroxylation is 1. The van der Waals surface area contributed by atoms with Crippen molar-refractivity contribution in [2.75, 3.05) is 32.8 Å². The van der Waals surface area contributed by atoms with Gasteiger partial charge in [0.1, 0.15) is 17.2 Å². The summed E-state index contributed by atoms with van der Waals surface area (Å²) in [5, 5.41) is 0. The highest BCUT2D eigenvalue weighted by Crippen LogP contribution is 2.32. The van der Waals surface area contributed by atoms with Crippen molar-refractivity contribution < 1.29 is 13.9 Å². The number of furan rings is 1. The molecule has 1 amide bonds. The summed E-state index contributed by atoms with van der Waals surface area (Å²) in [5.41, 5.74) is 4.91. The lowest BCUT2D eigenvalue weighted by molar-refractivity contribution is 0.0617. The van der Waals surface area contributed by atoms with Gasteiger partial charge in [-0.25, -0.2) is 0 Å². The predicted octanol–water partition coefficient (Wildman–Crippen LogP) is 6.22. The number of hydrogen-bond donors (Lipinski definition) is 0. The summed E-state index contributed by atoms with van der Waals surface area (Å²) in [4.78, 5) is 18.4. The average molecular weight is 563 g/mol. The number of amides is 1. The minimum atomic E-state index is 0.0487. The van der Waals surface area contributed by atoms with Gasteiger partial charge in [-0.15, -0.1) is 0 Å². The van der Waals surface area contributed by atoms with Crippen LogP contribution < -0.4 is 4.74 Å². The molecule has 0 saturated carbocycles. The van der Waals surface area contributed by atoms with E-state index in [1.807, 2.05) is 61.2 Å². The maximum Gasteiger partial charge on any atom is 0.271 e. The second-order valence-electron chi connectivity index (χ2n) is 9.38. The van der Waals surface area contributed by atoms with Gasteiger partial charge in [0.2, 0.25) is 0 Å². The van der Waals surface area contributed by atoms with Gasteiger partial charge in [0, 0.05) is 55.5 Å². The van der Waals surface area contributed by atoms with E-state index in [4.69, 9.17) is 9.15 Å². The molecule has 0 aliphatic carbocycles. The van der Waals surface area contributed by atoms with Gasteiger partial charge in [-0.2, -0.15) is 0 Å². The van der Waals surface area contributed by atoms with Gasteiger partial charge in [0.25, 0.3) is 5.91 Å². The number of ether oxygens (including phenoxy) is 1. The fourth-order valence-corrected chi connectivity index (χ4v) is 5.44. The van der Waals surface area contributed by atoms with Crippen LogP contribution in [0, 0.1) is 6.92 Å². The van der Waals surface area contributed by atoms with E-state index in [1.165, 1.54) is 0 Å². The standard InChI is InChI=1S/C30H32BrN3O3/c1-3-36-26-12-11-25(31)18-24(26)21-32-13-15-33(16-14-32)30(35)29-28(27-10-7-17-37-27)22(2)19-34(29)20-23-8-5-4-6-9-23/h4-12,17-19H,3,13-16,20-21H2,1-2H3. The van der Waals surface area contributed by atoms with E-state index in [1.54, 1.807) is 6.26 Å². The summed E-state index contributed by atoms with van der Waals surface area (Å²) in [5.74, 6) is 1.69. The number of benzene rings is 2. The zero-order valence-corrected chi connectivity index (χ0v) is 22.9. The van der Waals surface area contributed by atoms with E-state index in [0.29, 0.717) is 31.9 Å². The van der Waals surface area contributed by atoms with Crippen molar-refractivity contribution in [1.82, 2.24) is 14.4 Å². The smallest absolute Gasteiger partial charge is 0.271 e. The maximum atomic E-state index is 14.0. The molecule has 0 N–H and O–H groups in total. The van der Waals surface area contributed by atoms with Crippen molar-refractivity contribution >= 4 is 21.8 Å². The minimum absolute atomic E-state index is 0.0487. The molecule has 1 fully saturated rings. The molecule has 1 aliphatic rings. The molecule has 4 aromatic rings. The van der Waals surface area contributed by atoms with Gasteiger partial charge < -0.3 is 18.6 Å². The van der Waals surface area contributed by atoms with Crippen LogP contribution >= 0.6 is 15.9 Å². The maximum absolute atomic E-state index is 14.0. The Morgan fingerprint density at radius 2 is 1.78 bits per heavy atom. The Morgan fingerprint density at radius 3 is 2.49 bits per heavy atom. The Kier molecular flexibility index (Phi) is 7.82. The van der Waals surface area contributed by atoms with Crippen LogP contribution in [0.15, 0.2) is 82.0 Å².